The highest BCUT2D eigenvalue weighted by Crippen LogP contribution is 2.39. The first-order valence-electron chi connectivity index (χ1n) is 9.05. The van der Waals surface area contributed by atoms with E-state index in [9.17, 15) is 8.78 Å². The van der Waals surface area contributed by atoms with E-state index in [2.05, 4.69) is 0 Å². The number of benzene rings is 4. The van der Waals surface area contributed by atoms with Crippen LogP contribution in [0.2, 0.25) is 0 Å². The lowest BCUT2D eigenvalue weighted by atomic mass is 10.3. The van der Waals surface area contributed by atoms with Gasteiger partial charge in [-0.2, -0.15) is 0 Å². The highest BCUT2D eigenvalue weighted by atomic mass is 33.1. The normalized spacial score (nSPS) is 10.6. The molecule has 0 saturated carbocycles. The lowest BCUT2D eigenvalue weighted by Crippen LogP contribution is -1.84. The fourth-order valence-electron chi connectivity index (χ4n) is 2.50. The van der Waals surface area contributed by atoms with E-state index in [-0.39, 0.29) is 11.6 Å². The van der Waals surface area contributed by atoms with Crippen molar-refractivity contribution in [2.45, 2.75) is 9.79 Å². The first kappa shape index (κ1) is 20.3. The molecule has 0 spiro atoms. The average molecular weight is 439 g/mol. The molecule has 2 nitrogen and oxygen atoms in total. The number of halogens is 2. The van der Waals surface area contributed by atoms with Crippen molar-refractivity contribution in [2.75, 3.05) is 0 Å². The van der Waals surface area contributed by atoms with Gasteiger partial charge in [0.25, 0.3) is 0 Å². The van der Waals surface area contributed by atoms with Gasteiger partial charge in [0.15, 0.2) is 0 Å². The van der Waals surface area contributed by atoms with E-state index in [1.807, 2.05) is 48.5 Å². The Morgan fingerprint density at radius 1 is 0.400 bits per heavy atom. The van der Waals surface area contributed by atoms with Crippen molar-refractivity contribution in [3.63, 3.8) is 0 Å². The van der Waals surface area contributed by atoms with Crippen molar-refractivity contribution in [1.29, 1.82) is 0 Å². The molecule has 4 rings (SSSR count). The van der Waals surface area contributed by atoms with Crippen LogP contribution in [0.1, 0.15) is 0 Å². The van der Waals surface area contributed by atoms with Gasteiger partial charge < -0.3 is 9.47 Å². The lowest BCUT2D eigenvalue weighted by molar-refractivity contribution is 0.480. The minimum atomic E-state index is -0.291. The molecule has 0 saturated heterocycles. The van der Waals surface area contributed by atoms with Crippen molar-refractivity contribution in [2.24, 2.45) is 0 Å². The topological polar surface area (TPSA) is 18.5 Å². The molecular weight excluding hydrogens is 422 g/mol. The first-order valence-corrected chi connectivity index (χ1v) is 11.2. The molecule has 0 aromatic heterocycles. The van der Waals surface area contributed by atoms with Crippen LogP contribution in [0, 0.1) is 11.6 Å². The van der Waals surface area contributed by atoms with Gasteiger partial charge >= 0.3 is 0 Å². The maximum absolute atomic E-state index is 13.0. The summed E-state index contributed by atoms with van der Waals surface area (Å²) in [6.07, 6.45) is 0. The Morgan fingerprint density at radius 2 is 0.667 bits per heavy atom. The molecule has 0 N–H and O–H groups in total. The Kier molecular flexibility index (Phi) is 6.57. The third-order valence-electron chi connectivity index (χ3n) is 3.98. The van der Waals surface area contributed by atoms with Gasteiger partial charge in [-0.25, -0.2) is 8.78 Å². The van der Waals surface area contributed by atoms with Crippen molar-refractivity contribution >= 4 is 21.6 Å². The fourth-order valence-corrected chi connectivity index (χ4v) is 4.43. The summed E-state index contributed by atoms with van der Waals surface area (Å²) >= 11 is 0. The van der Waals surface area contributed by atoms with E-state index in [4.69, 9.17) is 9.47 Å². The molecule has 150 valence electrons. The second-order valence-corrected chi connectivity index (χ2v) is 8.50. The van der Waals surface area contributed by atoms with E-state index in [0.29, 0.717) is 23.0 Å². The van der Waals surface area contributed by atoms with Crippen LogP contribution < -0.4 is 9.47 Å². The molecule has 0 radical (unpaired) electrons. The number of hydrogen-bond donors (Lipinski definition) is 0. The summed E-state index contributed by atoms with van der Waals surface area (Å²) in [7, 11) is 3.26. The second kappa shape index (κ2) is 9.69. The SMILES string of the molecule is Fc1ccc(Oc2ccc(SSc3ccc(Oc4ccc(F)cc4)cc3)cc2)cc1. The van der Waals surface area contributed by atoms with Crippen LogP contribution in [0.25, 0.3) is 0 Å². The van der Waals surface area contributed by atoms with E-state index < -0.39 is 0 Å². The molecule has 6 heteroatoms. The Labute approximate surface area is 181 Å². The Morgan fingerprint density at radius 3 is 0.967 bits per heavy atom. The van der Waals surface area contributed by atoms with E-state index in [1.165, 1.54) is 24.3 Å². The molecule has 4 aromatic carbocycles. The average Bonchev–Trinajstić information content (AvgIpc) is 2.77. The lowest BCUT2D eigenvalue weighted by Gasteiger charge is -2.08. The standard InChI is InChI=1S/C24H16F2O2S2/c25-17-1-5-19(6-2-17)27-21-9-13-23(14-10-21)29-30-24-15-11-22(12-16-24)28-20-7-3-18(26)4-8-20/h1-16H. The van der Waals surface area contributed by atoms with Gasteiger partial charge in [-0.1, -0.05) is 21.6 Å². The fraction of sp³-hybridized carbons (Fsp3) is 0. The number of hydrogen-bond acceptors (Lipinski definition) is 4. The van der Waals surface area contributed by atoms with Gasteiger partial charge in [0.05, 0.1) is 0 Å². The molecule has 0 aliphatic rings. The van der Waals surface area contributed by atoms with E-state index in [0.717, 1.165) is 9.79 Å². The molecule has 0 amide bonds. The minimum Gasteiger partial charge on any atom is -0.457 e. The third-order valence-corrected chi connectivity index (χ3v) is 6.40. The van der Waals surface area contributed by atoms with Gasteiger partial charge in [-0.05, 0) is 97.1 Å². The van der Waals surface area contributed by atoms with Crippen molar-refractivity contribution in [3.8, 4) is 23.0 Å². The van der Waals surface area contributed by atoms with E-state index >= 15 is 0 Å². The van der Waals surface area contributed by atoms with Crippen LogP contribution in [0.4, 0.5) is 8.78 Å². The van der Waals surface area contributed by atoms with Gasteiger partial charge in [0, 0.05) is 9.79 Å². The van der Waals surface area contributed by atoms with Crippen LogP contribution in [-0.2, 0) is 0 Å². The minimum absolute atomic E-state index is 0.291. The quantitative estimate of drug-likeness (QED) is 0.270. The molecule has 30 heavy (non-hydrogen) atoms. The third kappa shape index (κ3) is 5.78. The predicted molar refractivity (Wildman–Crippen MR) is 118 cm³/mol. The summed E-state index contributed by atoms with van der Waals surface area (Å²) in [6, 6.07) is 27.3. The molecule has 0 aliphatic carbocycles. The molecule has 4 aromatic rings. The summed E-state index contributed by atoms with van der Waals surface area (Å²) < 4.78 is 37.3. The van der Waals surface area contributed by atoms with Crippen LogP contribution in [-0.4, -0.2) is 0 Å². The number of ether oxygens (including phenoxy) is 2. The van der Waals surface area contributed by atoms with Gasteiger partial charge in [-0.15, -0.1) is 0 Å². The van der Waals surface area contributed by atoms with Crippen molar-refractivity contribution in [1.82, 2.24) is 0 Å². The van der Waals surface area contributed by atoms with Crippen molar-refractivity contribution in [3.05, 3.63) is 109 Å². The monoisotopic (exact) mass is 438 g/mol. The zero-order chi connectivity index (χ0) is 20.8. The summed E-state index contributed by atoms with van der Waals surface area (Å²) in [4.78, 5) is 2.16. The molecule has 0 bridgehead atoms. The zero-order valence-corrected chi connectivity index (χ0v) is 17.3. The maximum Gasteiger partial charge on any atom is 0.127 e. The number of rotatable bonds is 7. The second-order valence-electron chi connectivity index (χ2n) is 6.22. The Balaban J connectivity index is 1.29. The molecular formula is C24H16F2O2S2. The summed E-state index contributed by atoms with van der Waals surface area (Å²) in [5, 5.41) is 0. The van der Waals surface area contributed by atoms with Crippen LogP contribution in [0.5, 0.6) is 23.0 Å². The van der Waals surface area contributed by atoms with E-state index in [1.54, 1.807) is 45.9 Å². The highest BCUT2D eigenvalue weighted by Gasteiger charge is 2.03. The summed E-state index contributed by atoms with van der Waals surface area (Å²) in [5.74, 6) is 1.99. The Hall–Kier alpha value is -2.96. The molecule has 0 atom stereocenters. The van der Waals surface area contributed by atoms with Gasteiger partial charge in [-0.3, -0.25) is 0 Å². The smallest absolute Gasteiger partial charge is 0.127 e. The first-order chi connectivity index (χ1) is 14.6. The maximum atomic E-state index is 13.0. The van der Waals surface area contributed by atoms with Gasteiger partial charge in [0.2, 0.25) is 0 Å². The molecule has 0 heterocycles. The zero-order valence-electron chi connectivity index (χ0n) is 15.6. The molecule has 0 aliphatic heterocycles. The summed E-state index contributed by atoms with van der Waals surface area (Å²) in [5.41, 5.74) is 0. The Bertz CT molecular complexity index is 991. The largest absolute Gasteiger partial charge is 0.457 e. The predicted octanol–water partition coefficient (Wildman–Crippen LogP) is 8.35. The highest BCUT2D eigenvalue weighted by molar-refractivity contribution is 8.76. The summed E-state index contributed by atoms with van der Waals surface area (Å²) in [6.45, 7) is 0. The van der Waals surface area contributed by atoms with Crippen LogP contribution in [0.3, 0.4) is 0 Å². The van der Waals surface area contributed by atoms with Crippen LogP contribution >= 0.6 is 21.6 Å². The van der Waals surface area contributed by atoms with Gasteiger partial charge in [0.1, 0.15) is 34.6 Å². The van der Waals surface area contributed by atoms with Crippen LogP contribution in [0.15, 0.2) is 107 Å². The molecule has 0 fully saturated rings. The van der Waals surface area contributed by atoms with Crippen molar-refractivity contribution < 1.29 is 18.3 Å². The molecule has 0 unspecified atom stereocenters.